The number of amides is 1. The molecular weight excluding hydrogens is 1210 g/mol. The average Bonchev–Trinajstić information content (AvgIpc) is 0.787. The molecule has 1 amide bonds. The molecule has 12 N–H and O–H groups in total. The highest BCUT2D eigenvalue weighted by molar-refractivity contribution is 5.76. The molecule has 17 unspecified atom stereocenters. The van der Waals surface area contributed by atoms with Crippen LogP contribution in [0, 0.1) is 0 Å². The van der Waals surface area contributed by atoms with Crippen LogP contribution in [0.25, 0.3) is 0 Å². The summed E-state index contributed by atoms with van der Waals surface area (Å²) in [5, 5.41) is 121. The summed E-state index contributed by atoms with van der Waals surface area (Å²) in [4.78, 5) is 13.4. The Morgan fingerprint density at radius 3 is 1.13 bits per heavy atom. The summed E-state index contributed by atoms with van der Waals surface area (Å²) in [5.74, 6) is -0.297. The van der Waals surface area contributed by atoms with Crippen LogP contribution in [0.3, 0.4) is 0 Å². The molecule has 554 valence electrons. The minimum atomic E-state index is -1.99. The zero-order chi connectivity index (χ0) is 68.9. The predicted octanol–water partition coefficient (Wildman–Crippen LogP) is 11.5. The molecule has 0 spiro atoms. The van der Waals surface area contributed by atoms with E-state index in [0.29, 0.717) is 12.8 Å². The molecule has 0 aliphatic carbocycles. The lowest BCUT2D eigenvalue weighted by Crippen LogP contribution is -2.66. The number of aliphatic hydroxyl groups is 11. The Balaban J connectivity index is 1.42. The second-order valence-corrected chi connectivity index (χ2v) is 27.1. The minimum absolute atomic E-state index is 0.219. The molecule has 95 heavy (non-hydrogen) atoms. The molecule has 3 aliphatic heterocycles. The fourth-order valence-electron chi connectivity index (χ4n) is 12.6. The monoisotopic (exact) mass is 1350 g/mol. The number of aliphatic hydroxyl groups excluding tert-OH is 11. The maximum absolute atomic E-state index is 13.4. The molecule has 0 bridgehead atoms. The molecule has 3 rings (SSSR count). The fraction of sp³-hybridized carbons (Fsp3) is 0.855. The van der Waals surface area contributed by atoms with Crippen LogP contribution >= 0.6 is 0 Å². The number of carbonyl (C=O) groups excluding carboxylic acids is 1. The van der Waals surface area contributed by atoms with E-state index in [0.717, 1.165) is 70.6 Å². The Bertz CT molecular complexity index is 1950. The van der Waals surface area contributed by atoms with E-state index in [1.165, 1.54) is 180 Å². The van der Waals surface area contributed by atoms with Crippen LogP contribution in [0.15, 0.2) is 60.8 Å². The second-order valence-electron chi connectivity index (χ2n) is 27.1. The quantitative estimate of drug-likeness (QED) is 0.0199. The van der Waals surface area contributed by atoms with E-state index in [1.54, 1.807) is 6.08 Å². The number of hydrogen-bond acceptors (Lipinski definition) is 18. The lowest BCUT2D eigenvalue weighted by molar-refractivity contribution is -0.379. The van der Waals surface area contributed by atoms with Gasteiger partial charge in [0.1, 0.15) is 73.2 Å². The Hall–Kier alpha value is -2.51. The first-order chi connectivity index (χ1) is 46.3. The first-order valence-electron chi connectivity index (χ1n) is 38.0. The van der Waals surface area contributed by atoms with Gasteiger partial charge < -0.3 is 89.9 Å². The number of unbranched alkanes of at least 4 members (excludes halogenated alkanes) is 35. The number of allylic oxidation sites excluding steroid dienone is 9. The van der Waals surface area contributed by atoms with Crippen molar-refractivity contribution in [2.45, 2.75) is 388 Å². The predicted molar refractivity (Wildman–Crippen MR) is 374 cm³/mol. The Labute approximate surface area is 573 Å². The molecular formula is C76H137NO18. The van der Waals surface area contributed by atoms with Gasteiger partial charge in [-0.05, 0) is 70.6 Å². The van der Waals surface area contributed by atoms with E-state index >= 15 is 0 Å². The molecule has 0 saturated carbocycles. The van der Waals surface area contributed by atoms with E-state index in [4.69, 9.17) is 28.4 Å². The van der Waals surface area contributed by atoms with E-state index in [9.17, 15) is 61.0 Å². The molecule has 19 nitrogen and oxygen atoms in total. The van der Waals surface area contributed by atoms with E-state index < -0.39 is 124 Å². The number of nitrogens with one attached hydrogen (secondary N) is 1. The van der Waals surface area contributed by atoms with Crippen molar-refractivity contribution in [1.29, 1.82) is 0 Å². The lowest BCUT2D eigenvalue weighted by Gasteiger charge is -2.48. The van der Waals surface area contributed by atoms with Gasteiger partial charge in [0.25, 0.3) is 0 Å². The second kappa shape index (κ2) is 57.2. The van der Waals surface area contributed by atoms with Gasteiger partial charge in [0, 0.05) is 6.42 Å². The molecule has 0 radical (unpaired) electrons. The van der Waals surface area contributed by atoms with Gasteiger partial charge in [0.15, 0.2) is 18.9 Å². The van der Waals surface area contributed by atoms with Gasteiger partial charge in [-0.15, -0.1) is 0 Å². The smallest absolute Gasteiger partial charge is 0.220 e. The summed E-state index contributed by atoms with van der Waals surface area (Å²) in [6.45, 7) is 1.72. The zero-order valence-corrected chi connectivity index (χ0v) is 58.9. The number of carbonyl (C=O) groups is 1. The first-order valence-corrected chi connectivity index (χ1v) is 38.0. The van der Waals surface area contributed by atoms with Gasteiger partial charge in [0.2, 0.25) is 5.91 Å². The SMILES string of the molecule is CCCCCCC/C=C\C/C=C\C/C=C\CCCCCCCCC(=O)NC(COC1OC(CO)C(OC2OC(CO)C(OC3OC(CO)C(O)C(O)C3O)C(O)C2O)C(O)C1O)C(O)/C=C/CC/C=C/CCCCCCCCCCCCCCCCCCCCCCCCC. The van der Waals surface area contributed by atoms with Gasteiger partial charge in [-0.1, -0.05) is 267 Å². The summed E-state index contributed by atoms with van der Waals surface area (Å²) >= 11 is 0. The molecule has 17 atom stereocenters. The molecule has 3 aliphatic rings. The van der Waals surface area contributed by atoms with Crippen molar-refractivity contribution in [2.24, 2.45) is 0 Å². The van der Waals surface area contributed by atoms with Crippen molar-refractivity contribution in [3.05, 3.63) is 60.8 Å². The maximum atomic E-state index is 13.4. The maximum Gasteiger partial charge on any atom is 0.220 e. The highest BCUT2D eigenvalue weighted by atomic mass is 16.8. The van der Waals surface area contributed by atoms with E-state index in [-0.39, 0.29) is 18.9 Å². The fourth-order valence-corrected chi connectivity index (χ4v) is 12.6. The van der Waals surface area contributed by atoms with Crippen molar-refractivity contribution in [3.63, 3.8) is 0 Å². The van der Waals surface area contributed by atoms with Crippen LogP contribution < -0.4 is 5.32 Å². The summed E-state index contributed by atoms with van der Waals surface area (Å²) in [6, 6.07) is -1.00. The first kappa shape index (κ1) is 86.7. The van der Waals surface area contributed by atoms with Crippen molar-refractivity contribution in [3.8, 4) is 0 Å². The molecule has 3 heterocycles. The zero-order valence-electron chi connectivity index (χ0n) is 58.9. The number of rotatable bonds is 59. The molecule has 19 heteroatoms. The number of hydrogen-bond donors (Lipinski definition) is 12. The van der Waals surface area contributed by atoms with Crippen LogP contribution in [0.4, 0.5) is 0 Å². The lowest BCUT2D eigenvalue weighted by atomic mass is 9.96. The molecule has 0 aromatic carbocycles. The third kappa shape index (κ3) is 38.2. The van der Waals surface area contributed by atoms with Crippen LogP contribution in [-0.4, -0.2) is 193 Å². The molecule has 0 aromatic rings. The van der Waals surface area contributed by atoms with Crippen molar-refractivity contribution >= 4 is 5.91 Å². The topological polar surface area (TPSA) is 307 Å². The standard InChI is InChI=1S/C76H137NO18/c1-3-5-7-9-11-13-15-17-19-21-23-25-26-27-28-29-30-31-32-34-35-37-39-41-43-45-47-49-51-53-60(81)59(77-64(82)54-52-50-48-46-44-42-40-38-36-33-24-22-20-18-16-14-12-10-8-6-4-2)58-90-74-70(88)67(85)72(62(56-79)92-74)95-76-71(89)68(86)73(63(57-80)93-76)94-75-69(87)66(84)65(83)61(55-78)91-75/h16,18,22,24,36,38,43,45,51,53,59-63,65-76,78-81,83-89H,3-15,17,19-21,23,25-35,37,39-42,44,46-50,52,54-58H2,1-2H3,(H,77,82)/b18-16-,24-22-,38-36-,45-43+,53-51+. The highest BCUT2D eigenvalue weighted by Gasteiger charge is 2.53. The summed E-state index contributed by atoms with van der Waals surface area (Å²) in [7, 11) is 0. The average molecular weight is 1350 g/mol. The molecule has 3 saturated heterocycles. The summed E-state index contributed by atoms with van der Waals surface area (Å²) in [5.41, 5.74) is 0. The van der Waals surface area contributed by atoms with Crippen LogP contribution in [-0.2, 0) is 33.2 Å². The van der Waals surface area contributed by atoms with Gasteiger partial charge in [-0.25, -0.2) is 0 Å². The van der Waals surface area contributed by atoms with Gasteiger partial charge in [-0.2, -0.15) is 0 Å². The summed E-state index contributed by atoms with van der Waals surface area (Å²) in [6.07, 6.45) is 44.9. The van der Waals surface area contributed by atoms with Crippen LogP contribution in [0.5, 0.6) is 0 Å². The Morgan fingerprint density at radius 1 is 0.379 bits per heavy atom. The molecule has 3 fully saturated rings. The van der Waals surface area contributed by atoms with E-state index in [1.807, 2.05) is 6.08 Å². The minimum Gasteiger partial charge on any atom is -0.394 e. The Kier molecular flexibility index (Phi) is 52.2. The van der Waals surface area contributed by atoms with Crippen LogP contribution in [0.1, 0.15) is 284 Å². The summed E-state index contributed by atoms with van der Waals surface area (Å²) < 4.78 is 34.4. The van der Waals surface area contributed by atoms with Crippen molar-refractivity contribution < 1.29 is 89.4 Å². The normalized spacial score (nSPS) is 27.5. The third-order valence-corrected chi connectivity index (χ3v) is 18.8. The third-order valence-electron chi connectivity index (χ3n) is 18.8. The highest BCUT2D eigenvalue weighted by Crippen LogP contribution is 2.33. The van der Waals surface area contributed by atoms with Gasteiger partial charge in [-0.3, -0.25) is 4.79 Å². The van der Waals surface area contributed by atoms with Crippen molar-refractivity contribution in [2.75, 3.05) is 26.4 Å². The Morgan fingerprint density at radius 2 is 0.705 bits per heavy atom. The molecule has 0 aromatic heterocycles. The van der Waals surface area contributed by atoms with Gasteiger partial charge in [0.05, 0.1) is 38.6 Å². The van der Waals surface area contributed by atoms with E-state index in [2.05, 4.69) is 67.8 Å². The van der Waals surface area contributed by atoms with Gasteiger partial charge >= 0.3 is 0 Å². The largest absolute Gasteiger partial charge is 0.394 e. The van der Waals surface area contributed by atoms with Crippen LogP contribution in [0.2, 0.25) is 0 Å². The number of ether oxygens (including phenoxy) is 6. The van der Waals surface area contributed by atoms with Crippen molar-refractivity contribution in [1.82, 2.24) is 5.32 Å².